The summed E-state index contributed by atoms with van der Waals surface area (Å²) in [4.78, 5) is 2.41. The van der Waals surface area contributed by atoms with Gasteiger partial charge in [0.1, 0.15) is 0 Å². The first-order valence-electron chi connectivity index (χ1n) is 5.66. The summed E-state index contributed by atoms with van der Waals surface area (Å²) in [6.45, 7) is 3.21. The summed E-state index contributed by atoms with van der Waals surface area (Å²) in [7, 11) is 2.21. The van der Waals surface area contributed by atoms with Crippen molar-refractivity contribution in [2.45, 2.75) is 38.2 Å². The maximum Gasteiger partial charge on any atom is 0.0730 e. The SMILES string of the molecule is CN1CCOC(C2CCCCC2)C1. The number of hydrogen-bond acceptors (Lipinski definition) is 2. The smallest absolute Gasteiger partial charge is 0.0730 e. The van der Waals surface area contributed by atoms with Gasteiger partial charge in [0.25, 0.3) is 0 Å². The van der Waals surface area contributed by atoms with Gasteiger partial charge in [0.05, 0.1) is 12.7 Å². The first-order valence-corrected chi connectivity index (χ1v) is 5.66. The summed E-state index contributed by atoms with van der Waals surface area (Å²) < 4.78 is 5.85. The molecule has 0 aromatic carbocycles. The Labute approximate surface area is 81.3 Å². The number of nitrogens with zero attached hydrogens (tertiary/aromatic N) is 1. The third-order valence-corrected chi connectivity index (χ3v) is 3.47. The molecule has 0 aromatic heterocycles. The second kappa shape index (κ2) is 4.43. The Morgan fingerprint density at radius 3 is 2.62 bits per heavy atom. The van der Waals surface area contributed by atoms with Crippen molar-refractivity contribution in [3.05, 3.63) is 0 Å². The molecule has 76 valence electrons. The molecule has 0 aromatic rings. The van der Waals surface area contributed by atoms with Gasteiger partial charge in [-0.3, -0.25) is 0 Å². The summed E-state index contributed by atoms with van der Waals surface area (Å²) in [5, 5.41) is 0. The molecule has 2 rings (SSSR count). The van der Waals surface area contributed by atoms with Crippen LogP contribution < -0.4 is 0 Å². The topological polar surface area (TPSA) is 12.5 Å². The van der Waals surface area contributed by atoms with Crippen molar-refractivity contribution < 1.29 is 4.74 Å². The Balaban J connectivity index is 1.83. The quantitative estimate of drug-likeness (QED) is 0.615. The van der Waals surface area contributed by atoms with Gasteiger partial charge < -0.3 is 9.64 Å². The van der Waals surface area contributed by atoms with Crippen LogP contribution in [0.2, 0.25) is 0 Å². The van der Waals surface area contributed by atoms with Crippen LogP contribution in [0.5, 0.6) is 0 Å². The third-order valence-electron chi connectivity index (χ3n) is 3.47. The highest BCUT2D eigenvalue weighted by molar-refractivity contribution is 4.79. The average Bonchev–Trinajstić information content (AvgIpc) is 2.19. The van der Waals surface area contributed by atoms with Crippen LogP contribution in [0, 0.1) is 5.92 Å². The highest BCUT2D eigenvalue weighted by Gasteiger charge is 2.27. The van der Waals surface area contributed by atoms with Gasteiger partial charge in [-0.2, -0.15) is 0 Å². The Morgan fingerprint density at radius 1 is 1.15 bits per heavy atom. The molecule has 1 saturated heterocycles. The summed E-state index contributed by atoms with van der Waals surface area (Å²) in [6, 6.07) is 0. The molecule has 13 heavy (non-hydrogen) atoms. The summed E-state index contributed by atoms with van der Waals surface area (Å²) in [5.41, 5.74) is 0. The summed E-state index contributed by atoms with van der Waals surface area (Å²) >= 11 is 0. The molecule has 1 unspecified atom stereocenters. The normalized spacial score (nSPS) is 33.5. The number of morpholine rings is 1. The molecular formula is C11H21NO. The van der Waals surface area contributed by atoms with Crippen molar-refractivity contribution in [1.29, 1.82) is 0 Å². The van der Waals surface area contributed by atoms with E-state index in [9.17, 15) is 0 Å². The Hall–Kier alpha value is -0.0800. The fourth-order valence-electron chi connectivity index (χ4n) is 2.60. The number of rotatable bonds is 1. The summed E-state index contributed by atoms with van der Waals surface area (Å²) in [6.07, 6.45) is 7.64. The number of likely N-dealkylation sites (N-methyl/N-ethyl adjacent to an activating group) is 1. The largest absolute Gasteiger partial charge is 0.375 e. The molecule has 0 radical (unpaired) electrons. The Bertz CT molecular complexity index is 154. The minimum Gasteiger partial charge on any atom is -0.375 e. The van der Waals surface area contributed by atoms with Gasteiger partial charge in [0.2, 0.25) is 0 Å². The van der Waals surface area contributed by atoms with Crippen LogP contribution in [-0.2, 0) is 4.74 Å². The molecule has 2 fully saturated rings. The van der Waals surface area contributed by atoms with E-state index < -0.39 is 0 Å². The van der Waals surface area contributed by atoms with E-state index in [-0.39, 0.29) is 0 Å². The van der Waals surface area contributed by atoms with Crippen molar-refractivity contribution in [3.8, 4) is 0 Å². The Kier molecular flexibility index (Phi) is 3.23. The van der Waals surface area contributed by atoms with Gasteiger partial charge in [-0.15, -0.1) is 0 Å². The zero-order valence-corrected chi connectivity index (χ0v) is 8.67. The molecular weight excluding hydrogens is 162 g/mol. The van der Waals surface area contributed by atoms with Gasteiger partial charge in [0.15, 0.2) is 0 Å². The van der Waals surface area contributed by atoms with Crippen LogP contribution in [-0.4, -0.2) is 37.7 Å². The monoisotopic (exact) mass is 183 g/mol. The maximum atomic E-state index is 5.85. The molecule has 0 N–H and O–H groups in total. The average molecular weight is 183 g/mol. The van der Waals surface area contributed by atoms with E-state index in [0.29, 0.717) is 6.10 Å². The fourth-order valence-corrected chi connectivity index (χ4v) is 2.60. The minimum atomic E-state index is 0.541. The molecule has 0 spiro atoms. The first-order chi connectivity index (χ1) is 6.36. The van der Waals surface area contributed by atoms with Crippen molar-refractivity contribution >= 4 is 0 Å². The van der Waals surface area contributed by atoms with Crippen LogP contribution in [0.25, 0.3) is 0 Å². The van der Waals surface area contributed by atoms with E-state index in [1.54, 1.807) is 0 Å². The lowest BCUT2D eigenvalue weighted by molar-refractivity contribution is -0.0576. The molecule has 1 saturated carbocycles. The fraction of sp³-hybridized carbons (Fsp3) is 1.00. The van der Waals surface area contributed by atoms with Gasteiger partial charge in [-0.25, -0.2) is 0 Å². The van der Waals surface area contributed by atoms with Gasteiger partial charge in [-0.05, 0) is 25.8 Å². The van der Waals surface area contributed by atoms with E-state index in [1.165, 1.54) is 32.1 Å². The summed E-state index contributed by atoms with van der Waals surface area (Å²) in [5.74, 6) is 0.858. The van der Waals surface area contributed by atoms with E-state index >= 15 is 0 Å². The van der Waals surface area contributed by atoms with E-state index in [0.717, 1.165) is 25.6 Å². The molecule has 2 nitrogen and oxygen atoms in total. The van der Waals surface area contributed by atoms with E-state index in [1.807, 2.05) is 0 Å². The minimum absolute atomic E-state index is 0.541. The first kappa shape index (κ1) is 9.47. The van der Waals surface area contributed by atoms with Crippen molar-refractivity contribution in [2.24, 2.45) is 5.92 Å². The lowest BCUT2D eigenvalue weighted by atomic mass is 9.85. The molecule has 1 heterocycles. The van der Waals surface area contributed by atoms with Crippen molar-refractivity contribution in [1.82, 2.24) is 4.90 Å². The molecule has 1 atom stereocenters. The molecule has 2 aliphatic rings. The number of hydrogen-bond donors (Lipinski definition) is 0. The van der Waals surface area contributed by atoms with Crippen LogP contribution in [0.1, 0.15) is 32.1 Å². The second-order valence-corrected chi connectivity index (χ2v) is 4.57. The van der Waals surface area contributed by atoms with Gasteiger partial charge >= 0.3 is 0 Å². The lowest BCUT2D eigenvalue weighted by Crippen LogP contribution is -2.44. The van der Waals surface area contributed by atoms with Crippen molar-refractivity contribution in [2.75, 3.05) is 26.7 Å². The molecule has 2 heteroatoms. The zero-order chi connectivity index (χ0) is 9.10. The molecule has 0 amide bonds. The molecule has 1 aliphatic heterocycles. The third kappa shape index (κ3) is 2.44. The number of ether oxygens (including phenoxy) is 1. The molecule has 0 bridgehead atoms. The van der Waals surface area contributed by atoms with Gasteiger partial charge in [0, 0.05) is 13.1 Å². The second-order valence-electron chi connectivity index (χ2n) is 4.57. The zero-order valence-electron chi connectivity index (χ0n) is 8.67. The van der Waals surface area contributed by atoms with Gasteiger partial charge in [-0.1, -0.05) is 19.3 Å². The van der Waals surface area contributed by atoms with Crippen LogP contribution in [0.3, 0.4) is 0 Å². The predicted octanol–water partition coefficient (Wildman–Crippen LogP) is 1.90. The Morgan fingerprint density at radius 2 is 1.92 bits per heavy atom. The van der Waals surface area contributed by atoms with Crippen LogP contribution in [0.4, 0.5) is 0 Å². The predicted molar refractivity (Wildman–Crippen MR) is 53.8 cm³/mol. The van der Waals surface area contributed by atoms with Crippen LogP contribution >= 0.6 is 0 Å². The highest BCUT2D eigenvalue weighted by atomic mass is 16.5. The lowest BCUT2D eigenvalue weighted by Gasteiger charge is -2.36. The standard InChI is InChI=1S/C11H21NO/c1-12-7-8-13-11(9-12)10-5-3-2-4-6-10/h10-11H,2-9H2,1H3. The maximum absolute atomic E-state index is 5.85. The van der Waals surface area contributed by atoms with E-state index in [2.05, 4.69) is 11.9 Å². The van der Waals surface area contributed by atoms with E-state index in [4.69, 9.17) is 4.74 Å². The highest BCUT2D eigenvalue weighted by Crippen LogP contribution is 2.29. The molecule has 1 aliphatic carbocycles. The van der Waals surface area contributed by atoms with Crippen molar-refractivity contribution in [3.63, 3.8) is 0 Å². The van der Waals surface area contributed by atoms with Crippen LogP contribution in [0.15, 0.2) is 0 Å².